The molecule has 1 fully saturated rings. The Balaban J connectivity index is 2.19. The van der Waals surface area contributed by atoms with Gasteiger partial charge in [-0.1, -0.05) is 26.3 Å². The van der Waals surface area contributed by atoms with Gasteiger partial charge in [0.25, 0.3) is 0 Å². The Morgan fingerprint density at radius 1 is 1.18 bits per heavy atom. The summed E-state index contributed by atoms with van der Waals surface area (Å²) in [4.78, 5) is 33.5. The SMILES string of the molecule is C=C(N[C@@H](CCC(=O)NCCOCCOCC=O)C(=O)O)C1CCC(C)CC1. The third kappa shape index (κ3) is 10.4. The predicted octanol–water partition coefficient (Wildman–Crippen LogP) is 1.50. The highest BCUT2D eigenvalue weighted by atomic mass is 16.5. The standard InChI is InChI=1S/C20H34N2O6/c1-15-3-5-17(6-4-15)16(2)22-18(20(25)26)7-8-19(24)21-9-11-27-13-14-28-12-10-23/h10,15,17-18,22H,2-9,11-14H2,1H3,(H,21,24)(H,25,26)/t15?,17?,18-/m0/s1. The fraction of sp³-hybridized carbons (Fsp3) is 0.750. The van der Waals surface area contributed by atoms with E-state index in [9.17, 15) is 19.5 Å². The highest BCUT2D eigenvalue weighted by Crippen LogP contribution is 2.31. The molecular weight excluding hydrogens is 364 g/mol. The van der Waals surface area contributed by atoms with Gasteiger partial charge in [-0.2, -0.15) is 0 Å². The fourth-order valence-electron chi connectivity index (χ4n) is 3.19. The summed E-state index contributed by atoms with van der Waals surface area (Å²) in [6, 6.07) is -0.816. The number of amides is 1. The number of hydrogen-bond acceptors (Lipinski definition) is 6. The minimum absolute atomic E-state index is 0.0468. The van der Waals surface area contributed by atoms with Gasteiger partial charge in [-0.25, -0.2) is 4.79 Å². The second kappa shape index (κ2) is 14.1. The minimum Gasteiger partial charge on any atom is -0.480 e. The van der Waals surface area contributed by atoms with Gasteiger partial charge in [0.2, 0.25) is 5.91 Å². The average molecular weight is 399 g/mol. The molecule has 1 saturated carbocycles. The minimum atomic E-state index is -0.975. The van der Waals surface area contributed by atoms with Gasteiger partial charge >= 0.3 is 5.97 Å². The molecule has 0 aromatic rings. The van der Waals surface area contributed by atoms with E-state index in [1.807, 2.05) is 0 Å². The second-order valence-corrected chi connectivity index (χ2v) is 7.26. The molecule has 0 radical (unpaired) electrons. The largest absolute Gasteiger partial charge is 0.480 e. The van der Waals surface area contributed by atoms with Gasteiger partial charge in [0, 0.05) is 18.7 Å². The molecule has 0 bridgehead atoms. The van der Waals surface area contributed by atoms with Crippen LogP contribution in [0.3, 0.4) is 0 Å². The van der Waals surface area contributed by atoms with Gasteiger partial charge < -0.3 is 30.0 Å². The molecule has 28 heavy (non-hydrogen) atoms. The number of nitrogens with one attached hydrogen (secondary N) is 2. The zero-order chi connectivity index (χ0) is 20.8. The number of carboxylic acid groups (broad SMARTS) is 1. The number of carbonyl (C=O) groups is 3. The van der Waals surface area contributed by atoms with Gasteiger partial charge in [-0.3, -0.25) is 4.79 Å². The molecule has 3 N–H and O–H groups in total. The van der Waals surface area contributed by atoms with Crippen molar-refractivity contribution < 1.29 is 29.0 Å². The van der Waals surface area contributed by atoms with Crippen molar-refractivity contribution in [2.45, 2.75) is 51.5 Å². The van der Waals surface area contributed by atoms with Crippen molar-refractivity contribution in [2.75, 3.05) is 33.0 Å². The number of carbonyl (C=O) groups excluding carboxylic acids is 2. The van der Waals surface area contributed by atoms with Crippen molar-refractivity contribution in [1.82, 2.24) is 10.6 Å². The van der Waals surface area contributed by atoms with Crippen LogP contribution in [0, 0.1) is 11.8 Å². The van der Waals surface area contributed by atoms with E-state index in [0.29, 0.717) is 38.6 Å². The summed E-state index contributed by atoms with van der Waals surface area (Å²) in [6.45, 7) is 7.64. The van der Waals surface area contributed by atoms with Gasteiger partial charge in [-0.15, -0.1) is 0 Å². The molecule has 1 aliphatic rings. The van der Waals surface area contributed by atoms with Crippen LogP contribution in [0.2, 0.25) is 0 Å². The molecule has 0 unspecified atom stereocenters. The quantitative estimate of drug-likeness (QED) is 0.283. The summed E-state index contributed by atoms with van der Waals surface area (Å²) >= 11 is 0. The van der Waals surface area contributed by atoms with Crippen molar-refractivity contribution in [1.29, 1.82) is 0 Å². The van der Waals surface area contributed by atoms with Crippen LogP contribution in [0.1, 0.15) is 45.4 Å². The summed E-state index contributed by atoms with van der Waals surface area (Å²) < 4.78 is 10.2. The van der Waals surface area contributed by atoms with Gasteiger partial charge in [-0.05, 0) is 31.1 Å². The molecule has 0 spiro atoms. The molecule has 0 aromatic heterocycles. The third-order valence-electron chi connectivity index (χ3n) is 4.95. The van der Waals surface area contributed by atoms with Crippen LogP contribution in [0.5, 0.6) is 0 Å². The van der Waals surface area contributed by atoms with E-state index >= 15 is 0 Å². The van der Waals surface area contributed by atoms with Crippen LogP contribution in [0.15, 0.2) is 12.3 Å². The van der Waals surface area contributed by atoms with Crippen LogP contribution < -0.4 is 10.6 Å². The maximum Gasteiger partial charge on any atom is 0.326 e. The Labute approximate surface area is 167 Å². The van der Waals surface area contributed by atoms with E-state index in [1.165, 1.54) is 0 Å². The van der Waals surface area contributed by atoms with E-state index < -0.39 is 12.0 Å². The lowest BCUT2D eigenvalue weighted by molar-refractivity contribution is -0.139. The first-order valence-corrected chi connectivity index (χ1v) is 9.98. The Kier molecular flexibility index (Phi) is 12.2. The Hall–Kier alpha value is -1.93. The van der Waals surface area contributed by atoms with Gasteiger partial charge in [0.15, 0.2) is 0 Å². The maximum absolute atomic E-state index is 11.9. The lowest BCUT2D eigenvalue weighted by atomic mass is 9.81. The highest BCUT2D eigenvalue weighted by molar-refractivity contribution is 5.78. The van der Waals surface area contributed by atoms with E-state index in [-0.39, 0.29) is 25.4 Å². The molecule has 1 aliphatic carbocycles. The summed E-state index contributed by atoms with van der Waals surface area (Å²) in [5, 5.41) is 15.1. The van der Waals surface area contributed by atoms with Crippen molar-refractivity contribution >= 4 is 18.2 Å². The Bertz CT molecular complexity index is 503. The van der Waals surface area contributed by atoms with Crippen LogP contribution in [-0.2, 0) is 23.9 Å². The van der Waals surface area contributed by atoms with Crippen LogP contribution in [0.4, 0.5) is 0 Å². The zero-order valence-corrected chi connectivity index (χ0v) is 16.8. The molecule has 8 nitrogen and oxygen atoms in total. The average Bonchev–Trinajstić information content (AvgIpc) is 2.67. The van der Waals surface area contributed by atoms with Crippen molar-refractivity contribution in [3.8, 4) is 0 Å². The summed E-state index contributed by atoms with van der Waals surface area (Å²) in [7, 11) is 0. The molecule has 0 heterocycles. The van der Waals surface area contributed by atoms with E-state index in [4.69, 9.17) is 9.47 Å². The number of rotatable bonds is 15. The third-order valence-corrected chi connectivity index (χ3v) is 4.95. The fourth-order valence-corrected chi connectivity index (χ4v) is 3.19. The molecular formula is C20H34N2O6. The lowest BCUT2D eigenvalue weighted by Crippen LogP contribution is -2.39. The summed E-state index contributed by atoms with van der Waals surface area (Å²) in [5.41, 5.74) is 0.768. The van der Waals surface area contributed by atoms with Gasteiger partial charge in [0.1, 0.15) is 18.9 Å². The maximum atomic E-state index is 11.9. The summed E-state index contributed by atoms with van der Waals surface area (Å²) in [5.74, 6) is -0.168. The van der Waals surface area contributed by atoms with Crippen LogP contribution >= 0.6 is 0 Å². The van der Waals surface area contributed by atoms with Crippen LogP contribution in [0.25, 0.3) is 0 Å². The van der Waals surface area contributed by atoms with E-state index in [1.54, 1.807) is 0 Å². The Morgan fingerprint density at radius 3 is 2.50 bits per heavy atom. The molecule has 1 atom stereocenters. The van der Waals surface area contributed by atoms with Crippen molar-refractivity contribution in [3.63, 3.8) is 0 Å². The monoisotopic (exact) mass is 398 g/mol. The number of ether oxygens (including phenoxy) is 2. The first-order chi connectivity index (χ1) is 13.4. The predicted molar refractivity (Wildman–Crippen MR) is 105 cm³/mol. The number of hydrogen-bond donors (Lipinski definition) is 3. The van der Waals surface area contributed by atoms with Gasteiger partial charge in [0.05, 0.1) is 19.8 Å². The van der Waals surface area contributed by atoms with Crippen molar-refractivity contribution in [3.05, 3.63) is 12.3 Å². The van der Waals surface area contributed by atoms with E-state index in [0.717, 1.165) is 37.3 Å². The number of carboxylic acids is 1. The lowest BCUT2D eigenvalue weighted by Gasteiger charge is -2.29. The molecule has 0 aromatic carbocycles. The number of aldehydes is 1. The normalized spacial score (nSPS) is 20.2. The molecule has 0 saturated heterocycles. The molecule has 1 rings (SSSR count). The second-order valence-electron chi connectivity index (χ2n) is 7.26. The molecule has 160 valence electrons. The van der Waals surface area contributed by atoms with Crippen LogP contribution in [-0.4, -0.2) is 62.3 Å². The number of aliphatic carboxylic acids is 1. The smallest absolute Gasteiger partial charge is 0.326 e. The first-order valence-electron chi connectivity index (χ1n) is 9.98. The summed E-state index contributed by atoms with van der Waals surface area (Å²) in [6.07, 6.45) is 5.31. The Morgan fingerprint density at radius 2 is 1.86 bits per heavy atom. The zero-order valence-electron chi connectivity index (χ0n) is 16.8. The molecule has 0 aliphatic heterocycles. The highest BCUT2D eigenvalue weighted by Gasteiger charge is 2.25. The molecule has 8 heteroatoms. The van der Waals surface area contributed by atoms with E-state index in [2.05, 4.69) is 24.1 Å². The topological polar surface area (TPSA) is 114 Å². The van der Waals surface area contributed by atoms with Crippen molar-refractivity contribution in [2.24, 2.45) is 11.8 Å². The molecule has 1 amide bonds. The number of allylic oxidation sites excluding steroid dienone is 1. The first kappa shape index (κ1) is 24.1.